The van der Waals surface area contributed by atoms with Crippen LogP contribution in [-0.2, 0) is 24.8 Å². The first-order valence-electron chi connectivity index (χ1n) is 9.41. The SMILES string of the molecule is CC1=NN(c2ccc(S(N)(=O)=O)cc2)C(=O)/C1=C\c1ccc(-c2ccc(S(N)(=O)=O)cc2)o1. The lowest BCUT2D eigenvalue weighted by Crippen LogP contribution is -2.21. The number of anilines is 1. The molecule has 1 aromatic heterocycles. The first-order valence-corrected chi connectivity index (χ1v) is 12.5. The van der Waals surface area contributed by atoms with Gasteiger partial charge in [-0.15, -0.1) is 0 Å². The van der Waals surface area contributed by atoms with Crippen molar-refractivity contribution in [2.45, 2.75) is 16.7 Å². The third-order valence-electron chi connectivity index (χ3n) is 4.85. The molecule has 1 aliphatic heterocycles. The molecule has 33 heavy (non-hydrogen) atoms. The molecule has 4 rings (SSSR count). The average Bonchev–Trinajstić information content (AvgIpc) is 3.33. The van der Waals surface area contributed by atoms with Gasteiger partial charge in [-0.25, -0.2) is 27.1 Å². The van der Waals surface area contributed by atoms with Gasteiger partial charge in [0, 0.05) is 5.56 Å². The van der Waals surface area contributed by atoms with Gasteiger partial charge >= 0.3 is 0 Å². The minimum absolute atomic E-state index is 0.0132. The molecule has 170 valence electrons. The van der Waals surface area contributed by atoms with Gasteiger partial charge < -0.3 is 4.42 Å². The van der Waals surface area contributed by atoms with E-state index >= 15 is 0 Å². The highest BCUT2D eigenvalue weighted by molar-refractivity contribution is 7.89. The number of carbonyl (C=O) groups excluding carboxylic acids is 1. The third kappa shape index (κ3) is 4.64. The molecular weight excluding hydrogens is 468 g/mol. The number of primary sulfonamides is 2. The Morgan fingerprint density at radius 3 is 1.94 bits per heavy atom. The zero-order valence-corrected chi connectivity index (χ0v) is 18.8. The van der Waals surface area contributed by atoms with E-state index in [1.807, 2.05) is 0 Å². The molecule has 0 aliphatic carbocycles. The second-order valence-electron chi connectivity index (χ2n) is 7.17. The second kappa shape index (κ2) is 8.08. The normalized spacial score (nSPS) is 15.8. The summed E-state index contributed by atoms with van der Waals surface area (Å²) in [6.45, 7) is 1.66. The molecule has 0 unspecified atom stereocenters. The Hall–Kier alpha value is -3.58. The van der Waals surface area contributed by atoms with E-state index in [9.17, 15) is 21.6 Å². The van der Waals surface area contributed by atoms with Crippen molar-refractivity contribution in [2.75, 3.05) is 5.01 Å². The van der Waals surface area contributed by atoms with Crippen molar-refractivity contribution >= 4 is 43.4 Å². The average molecular weight is 487 g/mol. The number of hydrazone groups is 1. The third-order valence-corrected chi connectivity index (χ3v) is 6.71. The molecule has 0 saturated heterocycles. The first kappa shape index (κ1) is 22.6. The molecule has 3 aromatic rings. The number of benzene rings is 2. The van der Waals surface area contributed by atoms with E-state index in [1.165, 1.54) is 36.4 Å². The number of rotatable bonds is 5. The molecule has 0 bridgehead atoms. The lowest BCUT2D eigenvalue weighted by atomic mass is 10.1. The Labute approximate surface area is 189 Å². The number of furan rings is 1. The maximum absolute atomic E-state index is 12.9. The predicted octanol–water partition coefficient (Wildman–Crippen LogP) is 2.05. The fourth-order valence-corrected chi connectivity index (χ4v) is 4.20. The summed E-state index contributed by atoms with van der Waals surface area (Å²) in [5.74, 6) is 0.453. The van der Waals surface area contributed by atoms with Crippen LogP contribution in [0.25, 0.3) is 17.4 Å². The number of sulfonamides is 2. The Morgan fingerprint density at radius 2 is 1.39 bits per heavy atom. The molecule has 0 atom stereocenters. The maximum Gasteiger partial charge on any atom is 0.280 e. The van der Waals surface area contributed by atoms with Crippen LogP contribution in [0.15, 0.2) is 85.5 Å². The molecule has 10 nitrogen and oxygen atoms in total. The van der Waals surface area contributed by atoms with E-state index in [0.717, 1.165) is 5.01 Å². The molecule has 0 saturated carbocycles. The fraction of sp³-hybridized carbons (Fsp3) is 0.0476. The Bertz CT molecular complexity index is 1520. The summed E-state index contributed by atoms with van der Waals surface area (Å²) in [6.07, 6.45) is 1.54. The summed E-state index contributed by atoms with van der Waals surface area (Å²) >= 11 is 0. The summed E-state index contributed by atoms with van der Waals surface area (Å²) in [6, 6.07) is 14.7. The number of amides is 1. The Balaban J connectivity index is 1.57. The molecule has 4 N–H and O–H groups in total. The van der Waals surface area contributed by atoms with Gasteiger partial charge in [-0.05, 0) is 73.7 Å². The van der Waals surface area contributed by atoms with Crippen LogP contribution >= 0.6 is 0 Å². The van der Waals surface area contributed by atoms with Crippen LogP contribution in [0, 0.1) is 0 Å². The van der Waals surface area contributed by atoms with Crippen molar-refractivity contribution < 1.29 is 26.0 Å². The first-order chi connectivity index (χ1) is 15.4. The van der Waals surface area contributed by atoms with Crippen molar-refractivity contribution in [2.24, 2.45) is 15.4 Å². The number of hydrogen-bond donors (Lipinski definition) is 2. The maximum atomic E-state index is 12.9. The molecule has 1 amide bonds. The molecular formula is C21H18N4O6S2. The number of hydrogen-bond acceptors (Lipinski definition) is 7. The van der Waals surface area contributed by atoms with Crippen LogP contribution in [0.1, 0.15) is 12.7 Å². The second-order valence-corrected chi connectivity index (χ2v) is 10.3. The number of carbonyl (C=O) groups is 1. The summed E-state index contributed by atoms with van der Waals surface area (Å²) in [5.41, 5.74) is 1.76. The van der Waals surface area contributed by atoms with Gasteiger partial charge in [0.25, 0.3) is 5.91 Å². The lowest BCUT2D eigenvalue weighted by molar-refractivity contribution is -0.114. The minimum atomic E-state index is -3.85. The largest absolute Gasteiger partial charge is 0.457 e. The number of nitrogens with two attached hydrogens (primary N) is 2. The standard InChI is InChI=1S/C21H18N4O6S2/c1-13-19(21(26)25(24-13)15-4-9-18(10-5-15)33(23,29)30)12-16-6-11-20(31-16)14-2-7-17(8-3-14)32(22,27)28/h2-12H,1H3,(H2,22,27,28)(H2,23,29,30)/b19-12-. The van der Waals surface area contributed by atoms with Crippen LogP contribution < -0.4 is 15.3 Å². The highest BCUT2D eigenvalue weighted by Gasteiger charge is 2.29. The molecule has 2 aromatic carbocycles. The van der Waals surface area contributed by atoms with Gasteiger partial charge in [-0.3, -0.25) is 4.79 Å². The van der Waals surface area contributed by atoms with Crippen LogP contribution in [0.3, 0.4) is 0 Å². The zero-order chi connectivity index (χ0) is 24.0. The fourth-order valence-electron chi connectivity index (χ4n) is 3.17. The lowest BCUT2D eigenvalue weighted by Gasteiger charge is -2.11. The molecule has 1 aliphatic rings. The van der Waals surface area contributed by atoms with E-state index in [4.69, 9.17) is 14.7 Å². The topological polar surface area (TPSA) is 166 Å². The summed E-state index contributed by atoms with van der Waals surface area (Å²) in [7, 11) is -7.64. The van der Waals surface area contributed by atoms with Crippen LogP contribution in [0.5, 0.6) is 0 Å². The minimum Gasteiger partial charge on any atom is -0.457 e. The summed E-state index contributed by atoms with van der Waals surface area (Å²) < 4.78 is 51.4. The summed E-state index contributed by atoms with van der Waals surface area (Å²) in [4.78, 5) is 12.8. The predicted molar refractivity (Wildman–Crippen MR) is 122 cm³/mol. The van der Waals surface area contributed by atoms with Gasteiger partial charge in [0.15, 0.2) is 0 Å². The highest BCUT2D eigenvalue weighted by Crippen LogP contribution is 2.28. The van der Waals surface area contributed by atoms with Crippen LogP contribution in [0.2, 0.25) is 0 Å². The zero-order valence-electron chi connectivity index (χ0n) is 17.2. The Morgan fingerprint density at radius 1 is 0.848 bits per heavy atom. The quantitative estimate of drug-likeness (QED) is 0.524. The smallest absolute Gasteiger partial charge is 0.280 e. The molecule has 2 heterocycles. The highest BCUT2D eigenvalue weighted by atomic mass is 32.2. The van der Waals surface area contributed by atoms with Gasteiger partial charge in [0.2, 0.25) is 20.0 Å². The van der Waals surface area contributed by atoms with Crippen LogP contribution in [-0.4, -0.2) is 28.5 Å². The Kier molecular flexibility index (Phi) is 5.54. The van der Waals surface area contributed by atoms with Gasteiger partial charge in [-0.2, -0.15) is 10.1 Å². The molecule has 12 heteroatoms. The van der Waals surface area contributed by atoms with E-state index < -0.39 is 26.0 Å². The molecule has 0 spiro atoms. The monoisotopic (exact) mass is 486 g/mol. The summed E-state index contributed by atoms with van der Waals surface area (Å²) in [5, 5.41) is 15.6. The van der Waals surface area contributed by atoms with E-state index in [2.05, 4.69) is 5.10 Å². The number of nitrogens with zero attached hydrogens (tertiary/aromatic N) is 2. The van der Waals surface area contributed by atoms with Crippen molar-refractivity contribution in [3.63, 3.8) is 0 Å². The van der Waals surface area contributed by atoms with Crippen molar-refractivity contribution in [3.8, 4) is 11.3 Å². The van der Waals surface area contributed by atoms with E-state index in [0.29, 0.717) is 34.1 Å². The van der Waals surface area contributed by atoms with Gasteiger partial charge in [-0.1, -0.05) is 0 Å². The molecule has 0 radical (unpaired) electrons. The van der Waals surface area contributed by atoms with Gasteiger partial charge in [0.1, 0.15) is 11.5 Å². The molecule has 0 fully saturated rings. The van der Waals surface area contributed by atoms with Gasteiger partial charge in [0.05, 0.1) is 26.8 Å². The van der Waals surface area contributed by atoms with Crippen molar-refractivity contribution in [1.82, 2.24) is 0 Å². The van der Waals surface area contributed by atoms with Crippen molar-refractivity contribution in [1.29, 1.82) is 0 Å². The van der Waals surface area contributed by atoms with Crippen LogP contribution in [0.4, 0.5) is 5.69 Å². The van der Waals surface area contributed by atoms with E-state index in [-0.39, 0.29) is 9.79 Å². The van der Waals surface area contributed by atoms with Crippen molar-refractivity contribution in [3.05, 3.63) is 72.0 Å². The van der Waals surface area contributed by atoms with E-state index in [1.54, 1.807) is 37.3 Å².